The largest absolute Gasteiger partial charge is 0.355 e. The normalized spacial score (nSPS) is 16.5. The van der Waals surface area contributed by atoms with Crippen molar-refractivity contribution in [3.8, 4) is 0 Å². The maximum atomic E-state index is 13.6. The van der Waals surface area contributed by atoms with Gasteiger partial charge in [0, 0.05) is 41.3 Å². The number of allylic oxidation sites excluding steroid dienone is 1. The van der Waals surface area contributed by atoms with Crippen molar-refractivity contribution in [2.75, 3.05) is 11.9 Å². The van der Waals surface area contributed by atoms with Crippen molar-refractivity contribution in [3.05, 3.63) is 118 Å². The van der Waals surface area contributed by atoms with Gasteiger partial charge in [-0.3, -0.25) is 14.6 Å². The molecule has 2 amide bonds. The van der Waals surface area contributed by atoms with E-state index in [9.17, 15) is 9.59 Å². The zero-order chi connectivity index (χ0) is 26.5. The Balaban J connectivity index is 1.38. The zero-order valence-corrected chi connectivity index (χ0v) is 22.3. The van der Waals surface area contributed by atoms with E-state index in [1.54, 1.807) is 18.3 Å². The summed E-state index contributed by atoms with van der Waals surface area (Å²) in [5, 5.41) is 9.26. The van der Waals surface area contributed by atoms with Crippen LogP contribution in [0.4, 0.5) is 5.69 Å². The lowest BCUT2D eigenvalue weighted by molar-refractivity contribution is -0.120. The average molecular weight is 544 g/mol. The average Bonchev–Trinajstić information content (AvgIpc) is 3.31. The number of pyridine rings is 1. The van der Waals surface area contributed by atoms with Gasteiger partial charge in [0.25, 0.3) is 5.91 Å². The number of nitrogens with one attached hydrogen (secondary N) is 2. The number of anilines is 1. The Morgan fingerprint density at radius 3 is 2.53 bits per heavy atom. The fraction of sp³-hybridized carbons (Fsp3) is 0.172. The van der Waals surface area contributed by atoms with Crippen LogP contribution in [0.1, 0.15) is 30.6 Å². The molecule has 2 aliphatic heterocycles. The lowest BCUT2D eigenvalue weighted by Gasteiger charge is -2.36. The number of thioether (sulfide) groups is 1. The van der Waals surface area contributed by atoms with Gasteiger partial charge in [-0.2, -0.15) is 0 Å². The number of halogens is 1. The smallest absolute Gasteiger partial charge is 0.255 e. The number of nitrogens with zero attached hydrogens (tertiary/aromatic N) is 3. The first kappa shape index (κ1) is 25.8. The molecule has 2 N–H and O–H groups in total. The number of amides is 2. The van der Waals surface area contributed by atoms with E-state index in [2.05, 4.69) is 15.6 Å². The maximum Gasteiger partial charge on any atom is 0.255 e. The first-order chi connectivity index (χ1) is 18.5. The number of para-hydroxylation sites is 1. The third-order valence-electron chi connectivity index (χ3n) is 6.23. The first-order valence-corrected chi connectivity index (χ1v) is 13.5. The number of carbonyl (C=O) groups excluding carboxylic acids is 2. The Hall–Kier alpha value is -3.88. The van der Waals surface area contributed by atoms with Crippen molar-refractivity contribution in [3.63, 3.8) is 0 Å². The predicted molar refractivity (Wildman–Crippen MR) is 152 cm³/mol. The van der Waals surface area contributed by atoms with Crippen molar-refractivity contribution in [1.82, 2.24) is 15.2 Å². The molecule has 38 heavy (non-hydrogen) atoms. The summed E-state index contributed by atoms with van der Waals surface area (Å²) >= 11 is 7.64. The molecule has 0 bridgehead atoms. The van der Waals surface area contributed by atoms with E-state index in [4.69, 9.17) is 16.6 Å². The van der Waals surface area contributed by atoms with Crippen LogP contribution >= 0.6 is 23.4 Å². The molecular formula is C29H26ClN5O2S. The Labute approximate surface area is 230 Å². The highest BCUT2D eigenvalue weighted by Crippen LogP contribution is 2.44. The molecule has 0 radical (unpaired) electrons. The summed E-state index contributed by atoms with van der Waals surface area (Å²) in [6, 6.07) is 22.0. The number of benzene rings is 2. The maximum absolute atomic E-state index is 13.6. The van der Waals surface area contributed by atoms with Gasteiger partial charge in [0.15, 0.2) is 5.17 Å². The molecule has 2 aromatic carbocycles. The molecule has 5 rings (SSSR count). The van der Waals surface area contributed by atoms with E-state index >= 15 is 0 Å². The number of hydrogen-bond acceptors (Lipinski definition) is 6. The van der Waals surface area contributed by atoms with E-state index in [1.165, 1.54) is 11.8 Å². The standard InChI is InChI=1S/C29H26ClN5O2S/c1-19-26(28(37)34-23-8-3-2-4-9-23)27(20-10-12-21(30)13-11-20)35-24(18-38-29(35)33-19)17-25(36)32-16-14-22-7-5-6-15-31-22/h2-13,15,18,27H,14,16-17H2,1H3,(H,32,36)(H,34,37). The van der Waals surface area contributed by atoms with Crippen LogP contribution in [0, 0.1) is 0 Å². The van der Waals surface area contributed by atoms with Crippen molar-refractivity contribution in [1.29, 1.82) is 0 Å². The molecule has 1 atom stereocenters. The van der Waals surface area contributed by atoms with Gasteiger partial charge in [-0.05, 0) is 54.3 Å². The van der Waals surface area contributed by atoms with Crippen LogP contribution < -0.4 is 10.6 Å². The molecular weight excluding hydrogens is 518 g/mol. The Morgan fingerprint density at radius 1 is 1.03 bits per heavy atom. The van der Waals surface area contributed by atoms with E-state index in [0.717, 1.165) is 22.1 Å². The molecule has 0 saturated carbocycles. The van der Waals surface area contributed by atoms with Gasteiger partial charge in [0.05, 0.1) is 23.7 Å². The molecule has 9 heteroatoms. The second-order valence-electron chi connectivity index (χ2n) is 8.86. The fourth-order valence-electron chi connectivity index (χ4n) is 4.44. The summed E-state index contributed by atoms with van der Waals surface area (Å²) in [5.41, 5.74) is 4.42. The lowest BCUT2D eigenvalue weighted by atomic mass is 9.93. The summed E-state index contributed by atoms with van der Waals surface area (Å²) in [4.78, 5) is 37.6. The summed E-state index contributed by atoms with van der Waals surface area (Å²) in [6.07, 6.45) is 2.55. The number of aromatic nitrogens is 1. The van der Waals surface area contributed by atoms with Crippen LogP contribution in [0.5, 0.6) is 0 Å². The van der Waals surface area contributed by atoms with Gasteiger partial charge in [-0.15, -0.1) is 0 Å². The molecule has 0 aliphatic carbocycles. The van der Waals surface area contributed by atoms with Gasteiger partial charge in [0.2, 0.25) is 5.91 Å². The zero-order valence-electron chi connectivity index (χ0n) is 20.7. The van der Waals surface area contributed by atoms with Crippen LogP contribution in [0.2, 0.25) is 5.02 Å². The summed E-state index contributed by atoms with van der Waals surface area (Å²) in [6.45, 7) is 2.33. The van der Waals surface area contributed by atoms with Crippen LogP contribution in [0.15, 0.2) is 106 Å². The van der Waals surface area contributed by atoms with Crippen molar-refractivity contribution in [2.45, 2.75) is 25.8 Å². The third kappa shape index (κ3) is 5.82. The Morgan fingerprint density at radius 2 is 1.79 bits per heavy atom. The fourth-order valence-corrected chi connectivity index (χ4v) is 5.53. The third-order valence-corrected chi connectivity index (χ3v) is 7.37. The minimum Gasteiger partial charge on any atom is -0.355 e. The van der Waals surface area contributed by atoms with Gasteiger partial charge in [-0.25, -0.2) is 4.99 Å². The van der Waals surface area contributed by atoms with Crippen molar-refractivity contribution >= 4 is 46.0 Å². The van der Waals surface area contributed by atoms with Gasteiger partial charge in [-0.1, -0.05) is 59.8 Å². The van der Waals surface area contributed by atoms with Gasteiger partial charge < -0.3 is 15.5 Å². The van der Waals surface area contributed by atoms with Crippen LogP contribution in [-0.4, -0.2) is 33.4 Å². The van der Waals surface area contributed by atoms with E-state index in [0.29, 0.717) is 34.9 Å². The molecule has 1 aromatic heterocycles. The molecule has 1 unspecified atom stereocenters. The summed E-state index contributed by atoms with van der Waals surface area (Å²) in [5.74, 6) is -0.349. The van der Waals surface area contributed by atoms with E-state index in [-0.39, 0.29) is 18.2 Å². The van der Waals surface area contributed by atoms with Gasteiger partial charge >= 0.3 is 0 Å². The van der Waals surface area contributed by atoms with Crippen molar-refractivity contribution in [2.24, 2.45) is 4.99 Å². The molecule has 3 aromatic rings. The minimum absolute atomic E-state index is 0.106. The first-order valence-electron chi connectivity index (χ1n) is 12.2. The van der Waals surface area contributed by atoms with Crippen LogP contribution in [0.25, 0.3) is 0 Å². The summed E-state index contributed by atoms with van der Waals surface area (Å²) in [7, 11) is 0. The number of amidine groups is 1. The minimum atomic E-state index is -0.467. The predicted octanol–water partition coefficient (Wildman–Crippen LogP) is 5.70. The molecule has 0 saturated heterocycles. The van der Waals surface area contributed by atoms with Gasteiger partial charge in [0.1, 0.15) is 0 Å². The highest BCUT2D eigenvalue weighted by molar-refractivity contribution is 8.16. The van der Waals surface area contributed by atoms with Crippen LogP contribution in [-0.2, 0) is 16.0 Å². The Kier molecular flexibility index (Phi) is 7.91. The Bertz CT molecular complexity index is 1420. The second-order valence-corrected chi connectivity index (χ2v) is 10.1. The highest BCUT2D eigenvalue weighted by atomic mass is 35.5. The van der Waals surface area contributed by atoms with Crippen LogP contribution in [0.3, 0.4) is 0 Å². The number of rotatable bonds is 8. The highest BCUT2D eigenvalue weighted by Gasteiger charge is 2.40. The summed E-state index contributed by atoms with van der Waals surface area (Å²) < 4.78 is 0. The molecule has 0 spiro atoms. The molecule has 3 heterocycles. The molecule has 7 nitrogen and oxygen atoms in total. The second kappa shape index (κ2) is 11.7. The molecule has 192 valence electrons. The number of carbonyl (C=O) groups is 2. The SMILES string of the molecule is CC1=C(C(=O)Nc2ccccc2)C(c2ccc(Cl)cc2)N2C(CC(=O)NCCc3ccccn3)=CSC2=N1. The quantitative estimate of drug-likeness (QED) is 0.381. The van der Waals surface area contributed by atoms with E-state index < -0.39 is 6.04 Å². The number of fused-ring (bicyclic) bond motifs is 1. The lowest BCUT2D eigenvalue weighted by Crippen LogP contribution is -2.39. The number of aliphatic imine (C=N–C) groups is 1. The molecule has 0 fully saturated rings. The number of hydrogen-bond donors (Lipinski definition) is 2. The molecule has 2 aliphatic rings. The topological polar surface area (TPSA) is 86.7 Å². The van der Waals surface area contributed by atoms with Crippen molar-refractivity contribution < 1.29 is 9.59 Å². The monoisotopic (exact) mass is 543 g/mol. The van der Waals surface area contributed by atoms with E-state index in [1.807, 2.05) is 77.9 Å².